The molecule has 1 heterocycles. The van der Waals surface area contributed by atoms with Gasteiger partial charge in [-0.1, -0.05) is 30.3 Å². The maximum atomic E-state index is 12.1. The minimum atomic E-state index is -0.672. The molecular formula is C14H16O3. The van der Waals surface area contributed by atoms with Crippen LogP contribution >= 0.6 is 0 Å². The lowest BCUT2D eigenvalue weighted by atomic mass is 9.73. The number of Topliss-reactive ketones (excluding diaryl/α,β-unsaturated/α-hetero) is 1. The molecule has 0 bridgehead atoms. The Morgan fingerprint density at radius 2 is 1.71 bits per heavy atom. The lowest BCUT2D eigenvalue weighted by Gasteiger charge is -2.39. The van der Waals surface area contributed by atoms with Crippen LogP contribution in [0, 0.1) is 11.3 Å². The van der Waals surface area contributed by atoms with Crippen LogP contribution in [0.2, 0.25) is 0 Å². The van der Waals surface area contributed by atoms with Crippen LogP contribution < -0.4 is 0 Å². The summed E-state index contributed by atoms with van der Waals surface area (Å²) in [6.07, 6.45) is -0.486. The largest absolute Gasteiger partial charge is 0.456 e. The second-order valence-electron chi connectivity index (χ2n) is 5.04. The Morgan fingerprint density at radius 3 is 2.29 bits per heavy atom. The van der Waals surface area contributed by atoms with Crippen molar-refractivity contribution in [1.82, 2.24) is 0 Å². The molecule has 3 nitrogen and oxygen atoms in total. The van der Waals surface area contributed by atoms with E-state index in [1.54, 1.807) is 6.92 Å². The van der Waals surface area contributed by atoms with Gasteiger partial charge in [-0.3, -0.25) is 9.59 Å². The van der Waals surface area contributed by atoms with E-state index in [0.29, 0.717) is 0 Å². The number of hydrogen-bond acceptors (Lipinski definition) is 3. The Kier molecular flexibility index (Phi) is 2.77. The summed E-state index contributed by atoms with van der Waals surface area (Å²) >= 11 is 0. The molecule has 2 atom stereocenters. The first kappa shape index (κ1) is 11.8. The fourth-order valence-corrected chi connectivity index (χ4v) is 2.27. The summed E-state index contributed by atoms with van der Waals surface area (Å²) in [5.74, 6) is -1.14. The summed E-state index contributed by atoms with van der Waals surface area (Å²) in [6.45, 7) is 5.26. The molecular weight excluding hydrogens is 216 g/mol. The summed E-state index contributed by atoms with van der Waals surface area (Å²) in [5.41, 5.74) is 0.195. The van der Waals surface area contributed by atoms with E-state index in [4.69, 9.17) is 4.74 Å². The van der Waals surface area contributed by atoms with Crippen molar-refractivity contribution in [2.75, 3.05) is 0 Å². The Bertz CT molecular complexity index is 448. The molecule has 0 unspecified atom stereocenters. The molecule has 0 aromatic heterocycles. The van der Waals surface area contributed by atoms with Crippen molar-refractivity contribution < 1.29 is 14.3 Å². The van der Waals surface area contributed by atoms with Crippen molar-refractivity contribution in [3.8, 4) is 0 Å². The van der Waals surface area contributed by atoms with Crippen molar-refractivity contribution in [2.45, 2.75) is 26.9 Å². The van der Waals surface area contributed by atoms with E-state index in [-0.39, 0.29) is 5.78 Å². The van der Waals surface area contributed by atoms with E-state index in [9.17, 15) is 9.59 Å². The molecule has 0 N–H and O–H groups in total. The fraction of sp³-hybridized carbons (Fsp3) is 0.429. The average molecular weight is 232 g/mol. The third-order valence-electron chi connectivity index (χ3n) is 3.37. The van der Waals surface area contributed by atoms with Crippen molar-refractivity contribution in [3.05, 3.63) is 35.9 Å². The van der Waals surface area contributed by atoms with Gasteiger partial charge in [-0.05, 0) is 26.3 Å². The van der Waals surface area contributed by atoms with Gasteiger partial charge in [-0.2, -0.15) is 0 Å². The Balaban J connectivity index is 2.41. The molecule has 0 aliphatic carbocycles. The van der Waals surface area contributed by atoms with Crippen molar-refractivity contribution >= 4 is 11.8 Å². The molecule has 0 saturated carbocycles. The lowest BCUT2D eigenvalue weighted by molar-refractivity contribution is -0.177. The monoisotopic (exact) mass is 232 g/mol. The van der Waals surface area contributed by atoms with Crippen LogP contribution in [0.3, 0.4) is 0 Å². The first-order chi connectivity index (χ1) is 7.94. The lowest BCUT2D eigenvalue weighted by Crippen LogP contribution is -2.46. The highest BCUT2D eigenvalue weighted by Gasteiger charge is 2.49. The van der Waals surface area contributed by atoms with E-state index in [1.165, 1.54) is 0 Å². The second kappa shape index (κ2) is 3.99. The zero-order chi connectivity index (χ0) is 12.6. The van der Waals surface area contributed by atoms with Crippen LogP contribution in [0.1, 0.15) is 32.4 Å². The van der Waals surface area contributed by atoms with Gasteiger partial charge in [0.15, 0.2) is 5.78 Å². The highest BCUT2D eigenvalue weighted by Crippen LogP contribution is 2.43. The van der Waals surface area contributed by atoms with E-state index in [1.807, 2.05) is 44.2 Å². The number of esters is 1. The molecule has 1 aliphatic rings. The molecule has 0 amide bonds. The van der Waals surface area contributed by atoms with E-state index in [0.717, 1.165) is 5.56 Å². The molecule has 1 aliphatic heterocycles. The molecule has 1 saturated heterocycles. The fourth-order valence-electron chi connectivity index (χ4n) is 2.27. The summed E-state index contributed by atoms with van der Waals surface area (Å²) in [5, 5.41) is 0. The number of carbonyl (C=O) groups excluding carboxylic acids is 2. The number of rotatable bonds is 1. The van der Waals surface area contributed by atoms with Crippen LogP contribution in [0.4, 0.5) is 0 Å². The molecule has 0 spiro atoms. The molecule has 2 rings (SSSR count). The van der Waals surface area contributed by atoms with Crippen LogP contribution in [-0.4, -0.2) is 11.8 Å². The minimum absolute atomic E-state index is 0.0531. The predicted octanol–water partition coefficient (Wildman–Crippen LogP) is 2.52. The number of hydrogen-bond donors (Lipinski definition) is 0. The highest BCUT2D eigenvalue weighted by atomic mass is 16.5. The zero-order valence-electron chi connectivity index (χ0n) is 10.3. The Morgan fingerprint density at radius 1 is 1.12 bits per heavy atom. The van der Waals surface area contributed by atoms with Gasteiger partial charge in [0.1, 0.15) is 12.0 Å². The number of ether oxygens (including phenoxy) is 1. The Hall–Kier alpha value is -1.64. The van der Waals surface area contributed by atoms with Crippen molar-refractivity contribution in [2.24, 2.45) is 11.3 Å². The second-order valence-corrected chi connectivity index (χ2v) is 5.04. The van der Waals surface area contributed by atoms with Gasteiger partial charge in [-0.25, -0.2) is 0 Å². The van der Waals surface area contributed by atoms with Crippen LogP contribution in [0.5, 0.6) is 0 Å². The van der Waals surface area contributed by atoms with Gasteiger partial charge in [0.05, 0.1) is 5.41 Å². The predicted molar refractivity (Wildman–Crippen MR) is 63.2 cm³/mol. The van der Waals surface area contributed by atoms with Gasteiger partial charge in [0, 0.05) is 0 Å². The maximum Gasteiger partial charge on any atom is 0.316 e. The standard InChI is InChI=1S/C14H16O3/c1-9-11(15)14(2,3)12(17-13(9)16)10-7-5-4-6-8-10/h4-9,12H,1-3H3/t9-,12+/m0/s1. The molecule has 1 aromatic carbocycles. The summed E-state index contributed by atoms with van der Waals surface area (Å²) in [7, 11) is 0. The Labute approximate surface area is 101 Å². The molecule has 0 radical (unpaired) electrons. The molecule has 3 heteroatoms. The summed E-state index contributed by atoms with van der Waals surface area (Å²) < 4.78 is 5.41. The van der Waals surface area contributed by atoms with Crippen LogP contribution in [0.25, 0.3) is 0 Å². The molecule has 1 fully saturated rings. The van der Waals surface area contributed by atoms with Gasteiger partial charge in [0.2, 0.25) is 0 Å². The van der Waals surface area contributed by atoms with E-state index < -0.39 is 23.4 Å². The maximum absolute atomic E-state index is 12.1. The van der Waals surface area contributed by atoms with E-state index >= 15 is 0 Å². The summed E-state index contributed by atoms with van der Waals surface area (Å²) in [4.78, 5) is 23.8. The van der Waals surface area contributed by atoms with E-state index in [2.05, 4.69) is 0 Å². The number of carbonyl (C=O) groups is 2. The first-order valence-corrected chi connectivity index (χ1v) is 5.74. The average Bonchev–Trinajstić information content (AvgIpc) is 2.33. The first-order valence-electron chi connectivity index (χ1n) is 5.74. The third-order valence-corrected chi connectivity index (χ3v) is 3.37. The molecule has 1 aromatic rings. The highest BCUT2D eigenvalue weighted by molar-refractivity contribution is 6.03. The van der Waals surface area contributed by atoms with Crippen molar-refractivity contribution in [3.63, 3.8) is 0 Å². The normalized spacial score (nSPS) is 27.7. The van der Waals surface area contributed by atoms with Gasteiger partial charge in [0.25, 0.3) is 0 Å². The number of benzene rings is 1. The minimum Gasteiger partial charge on any atom is -0.456 e. The third kappa shape index (κ3) is 1.86. The van der Waals surface area contributed by atoms with Gasteiger partial charge in [-0.15, -0.1) is 0 Å². The van der Waals surface area contributed by atoms with Crippen LogP contribution in [0.15, 0.2) is 30.3 Å². The van der Waals surface area contributed by atoms with Gasteiger partial charge >= 0.3 is 5.97 Å². The topological polar surface area (TPSA) is 43.4 Å². The zero-order valence-corrected chi connectivity index (χ0v) is 10.3. The van der Waals surface area contributed by atoms with Gasteiger partial charge < -0.3 is 4.74 Å². The van der Waals surface area contributed by atoms with Crippen LogP contribution in [-0.2, 0) is 14.3 Å². The SMILES string of the molecule is C[C@@H]1C(=O)O[C@H](c2ccccc2)C(C)(C)C1=O. The number of cyclic esters (lactones) is 1. The summed E-state index contributed by atoms with van der Waals surface area (Å²) in [6, 6.07) is 9.40. The molecule has 90 valence electrons. The number of ketones is 1. The van der Waals surface area contributed by atoms with Crippen molar-refractivity contribution in [1.29, 1.82) is 0 Å². The smallest absolute Gasteiger partial charge is 0.316 e. The quantitative estimate of drug-likeness (QED) is 0.552. The molecule has 17 heavy (non-hydrogen) atoms.